The first kappa shape index (κ1) is 13.9. The Kier molecular flexibility index (Phi) is 3.82. The van der Waals surface area contributed by atoms with Crippen molar-refractivity contribution in [2.45, 2.75) is 38.5 Å². The van der Waals surface area contributed by atoms with Crippen LogP contribution in [0.5, 0.6) is 0 Å². The molecule has 2 amide bonds. The maximum atomic E-state index is 11.5. The molecule has 2 fully saturated rings. The van der Waals surface area contributed by atoms with E-state index in [9.17, 15) is 14.4 Å². The Labute approximate surface area is 122 Å². The highest BCUT2D eigenvalue weighted by molar-refractivity contribution is 6.01. The lowest BCUT2D eigenvalue weighted by molar-refractivity contribution is -0.177. The Morgan fingerprint density at radius 1 is 1.10 bits per heavy atom. The van der Waals surface area contributed by atoms with Crippen LogP contribution in [0.4, 0.5) is 4.79 Å². The van der Waals surface area contributed by atoms with Gasteiger partial charge in [-0.25, -0.2) is 4.79 Å². The van der Waals surface area contributed by atoms with Gasteiger partial charge in [-0.2, -0.15) is 0 Å². The summed E-state index contributed by atoms with van der Waals surface area (Å²) in [6, 6.07) is 0. The van der Waals surface area contributed by atoms with Crippen LogP contribution in [-0.4, -0.2) is 29.6 Å². The number of ether oxygens (including phenoxy) is 1. The molecule has 6 nitrogen and oxygen atoms in total. The molecule has 3 rings (SSSR count). The SMILES string of the molecule is O=C(OCC1C2CCC#CCC[C@@H]21)ON1C(=O)CCC1=O. The van der Waals surface area contributed by atoms with Gasteiger partial charge in [0.2, 0.25) is 0 Å². The Hall–Kier alpha value is -2.03. The van der Waals surface area contributed by atoms with Gasteiger partial charge in [0.05, 0.1) is 6.61 Å². The first-order chi connectivity index (χ1) is 10.2. The van der Waals surface area contributed by atoms with E-state index in [-0.39, 0.29) is 19.4 Å². The van der Waals surface area contributed by atoms with Crippen molar-refractivity contribution >= 4 is 18.0 Å². The molecule has 2 aliphatic carbocycles. The summed E-state index contributed by atoms with van der Waals surface area (Å²) >= 11 is 0. The zero-order chi connectivity index (χ0) is 14.8. The smallest absolute Gasteiger partial charge is 0.432 e. The predicted octanol–water partition coefficient (Wildman–Crippen LogP) is 1.64. The van der Waals surface area contributed by atoms with E-state index >= 15 is 0 Å². The number of carbonyl (C=O) groups excluding carboxylic acids is 3. The summed E-state index contributed by atoms with van der Waals surface area (Å²) in [5.74, 6) is 6.75. The molecule has 0 aromatic heterocycles. The minimum atomic E-state index is -0.978. The van der Waals surface area contributed by atoms with E-state index in [1.54, 1.807) is 0 Å². The summed E-state index contributed by atoms with van der Waals surface area (Å²) < 4.78 is 5.05. The number of hydroxylamine groups is 2. The summed E-state index contributed by atoms with van der Waals surface area (Å²) in [4.78, 5) is 38.8. The van der Waals surface area contributed by atoms with Crippen molar-refractivity contribution in [2.75, 3.05) is 6.61 Å². The van der Waals surface area contributed by atoms with E-state index in [0.717, 1.165) is 25.7 Å². The fourth-order valence-corrected chi connectivity index (χ4v) is 3.21. The maximum Gasteiger partial charge on any atom is 0.533 e. The summed E-state index contributed by atoms with van der Waals surface area (Å²) in [6.45, 7) is 0.282. The van der Waals surface area contributed by atoms with Crippen molar-refractivity contribution in [3.05, 3.63) is 0 Å². The lowest BCUT2D eigenvalue weighted by Gasteiger charge is -2.12. The van der Waals surface area contributed by atoms with Crippen molar-refractivity contribution in [1.82, 2.24) is 5.06 Å². The second kappa shape index (κ2) is 5.76. The van der Waals surface area contributed by atoms with Crippen LogP contribution in [0.15, 0.2) is 0 Å². The highest BCUT2D eigenvalue weighted by Crippen LogP contribution is 2.52. The molecule has 3 aliphatic rings. The van der Waals surface area contributed by atoms with Gasteiger partial charge >= 0.3 is 6.16 Å². The molecule has 3 atom stereocenters. The zero-order valence-corrected chi connectivity index (χ0v) is 11.7. The van der Waals surface area contributed by atoms with Gasteiger partial charge < -0.3 is 4.74 Å². The normalized spacial score (nSPS) is 30.7. The van der Waals surface area contributed by atoms with Crippen molar-refractivity contribution in [2.24, 2.45) is 17.8 Å². The number of carbonyl (C=O) groups is 3. The molecule has 1 heterocycles. The molecule has 0 aromatic carbocycles. The lowest BCUT2D eigenvalue weighted by atomic mass is 10.1. The molecule has 0 radical (unpaired) electrons. The predicted molar refractivity (Wildman–Crippen MR) is 70.2 cm³/mol. The third kappa shape index (κ3) is 3.02. The van der Waals surface area contributed by atoms with Gasteiger partial charge in [0, 0.05) is 25.7 Å². The average molecular weight is 291 g/mol. The Morgan fingerprint density at radius 3 is 2.24 bits per heavy atom. The molecule has 0 aromatic rings. The molecule has 0 spiro atoms. The fraction of sp³-hybridized carbons (Fsp3) is 0.667. The molecule has 112 valence electrons. The number of fused-ring (bicyclic) bond motifs is 1. The van der Waals surface area contributed by atoms with Crippen LogP contribution in [0.1, 0.15) is 38.5 Å². The molecule has 21 heavy (non-hydrogen) atoms. The monoisotopic (exact) mass is 291 g/mol. The van der Waals surface area contributed by atoms with Crippen LogP contribution < -0.4 is 0 Å². The molecule has 1 aliphatic heterocycles. The van der Waals surface area contributed by atoms with Crippen LogP contribution in [0.2, 0.25) is 0 Å². The van der Waals surface area contributed by atoms with Crippen molar-refractivity contribution in [3.8, 4) is 11.8 Å². The number of nitrogens with zero attached hydrogens (tertiary/aromatic N) is 1. The van der Waals surface area contributed by atoms with Gasteiger partial charge in [-0.1, -0.05) is 5.06 Å². The van der Waals surface area contributed by atoms with Gasteiger partial charge in [-0.05, 0) is 30.6 Å². The summed E-state index contributed by atoms with van der Waals surface area (Å²) in [7, 11) is 0. The van der Waals surface area contributed by atoms with Crippen LogP contribution in [0.3, 0.4) is 0 Å². The first-order valence-corrected chi connectivity index (χ1v) is 7.33. The number of imide groups is 1. The molecule has 1 saturated carbocycles. The van der Waals surface area contributed by atoms with Gasteiger partial charge in [0.15, 0.2) is 0 Å². The number of amides is 2. The van der Waals surface area contributed by atoms with Crippen LogP contribution in [0.25, 0.3) is 0 Å². The number of hydrogen-bond acceptors (Lipinski definition) is 5. The maximum absolute atomic E-state index is 11.5. The van der Waals surface area contributed by atoms with E-state index in [1.807, 2.05) is 0 Å². The van der Waals surface area contributed by atoms with Gasteiger partial charge in [0.1, 0.15) is 0 Å². The largest absolute Gasteiger partial charge is 0.533 e. The summed E-state index contributed by atoms with van der Waals surface area (Å²) in [6.07, 6.45) is 3.08. The lowest BCUT2D eigenvalue weighted by Crippen LogP contribution is -2.32. The second-order valence-electron chi connectivity index (χ2n) is 5.66. The Morgan fingerprint density at radius 2 is 1.67 bits per heavy atom. The highest BCUT2D eigenvalue weighted by atomic mass is 16.8. The van der Waals surface area contributed by atoms with Crippen LogP contribution in [-0.2, 0) is 19.2 Å². The van der Waals surface area contributed by atoms with E-state index in [1.165, 1.54) is 0 Å². The van der Waals surface area contributed by atoms with Crippen molar-refractivity contribution in [1.29, 1.82) is 0 Å². The van der Waals surface area contributed by atoms with Crippen molar-refractivity contribution in [3.63, 3.8) is 0 Å². The quantitative estimate of drug-likeness (QED) is 0.449. The molecule has 0 N–H and O–H groups in total. The minimum Gasteiger partial charge on any atom is -0.432 e. The third-order valence-corrected chi connectivity index (χ3v) is 4.40. The molecule has 0 bridgehead atoms. The zero-order valence-electron chi connectivity index (χ0n) is 11.7. The molecule has 2 unspecified atom stereocenters. The average Bonchev–Trinajstić information content (AvgIpc) is 2.98. The number of rotatable bonds is 3. The molecular weight excluding hydrogens is 274 g/mol. The van der Waals surface area contributed by atoms with E-state index < -0.39 is 18.0 Å². The van der Waals surface area contributed by atoms with E-state index in [2.05, 4.69) is 16.7 Å². The van der Waals surface area contributed by atoms with Gasteiger partial charge in [-0.15, -0.1) is 11.8 Å². The van der Waals surface area contributed by atoms with E-state index in [0.29, 0.717) is 22.8 Å². The molecule has 1 saturated heterocycles. The van der Waals surface area contributed by atoms with Crippen LogP contribution >= 0.6 is 0 Å². The summed E-state index contributed by atoms with van der Waals surface area (Å²) in [5.41, 5.74) is 0. The Balaban J connectivity index is 1.43. The fourth-order valence-electron chi connectivity index (χ4n) is 3.21. The van der Waals surface area contributed by atoms with Crippen molar-refractivity contribution < 1.29 is 24.0 Å². The number of hydrogen-bond donors (Lipinski definition) is 0. The minimum absolute atomic E-state index is 0.0822. The molecule has 6 heteroatoms. The van der Waals surface area contributed by atoms with Gasteiger partial charge in [0.25, 0.3) is 11.8 Å². The van der Waals surface area contributed by atoms with Gasteiger partial charge in [-0.3, -0.25) is 14.4 Å². The topological polar surface area (TPSA) is 72.9 Å². The summed E-state index contributed by atoms with van der Waals surface area (Å²) in [5, 5.41) is 0.506. The Bertz CT molecular complexity index is 498. The van der Waals surface area contributed by atoms with E-state index in [4.69, 9.17) is 4.74 Å². The van der Waals surface area contributed by atoms with Crippen LogP contribution in [0, 0.1) is 29.6 Å². The first-order valence-electron chi connectivity index (χ1n) is 7.33. The standard InChI is InChI=1S/C15H17NO5/c17-13-7-8-14(18)16(13)21-15(19)20-9-12-10-5-3-1-2-4-6-11(10)12/h10-12H,3-9H2/t10-,11?,12?/m0/s1. The second-order valence-corrected chi connectivity index (χ2v) is 5.66. The molecular formula is C15H17NO5. The third-order valence-electron chi connectivity index (χ3n) is 4.40. The highest BCUT2D eigenvalue weighted by Gasteiger charge is 2.49.